The Morgan fingerprint density at radius 1 is 1.37 bits per heavy atom. The molecule has 3 N–H and O–H groups in total. The van der Waals surface area contributed by atoms with Crippen LogP contribution in [0.5, 0.6) is 0 Å². The topological polar surface area (TPSA) is 78.4 Å². The number of nitrogens with one attached hydrogen (secondary N) is 2. The summed E-state index contributed by atoms with van der Waals surface area (Å²) in [7, 11) is 0. The van der Waals surface area contributed by atoms with Crippen molar-refractivity contribution < 1.29 is 14.7 Å². The van der Waals surface area contributed by atoms with Gasteiger partial charge in [-0.25, -0.2) is 0 Å². The normalized spacial score (nSPS) is 31.7. The van der Waals surface area contributed by atoms with E-state index >= 15 is 0 Å². The van der Waals surface area contributed by atoms with Crippen LogP contribution in [0.1, 0.15) is 32.1 Å². The van der Waals surface area contributed by atoms with Crippen molar-refractivity contribution in [3.63, 3.8) is 0 Å². The van der Waals surface area contributed by atoms with Gasteiger partial charge < -0.3 is 15.7 Å². The van der Waals surface area contributed by atoms with Crippen molar-refractivity contribution in [2.75, 3.05) is 18.1 Å². The third-order valence-corrected chi connectivity index (χ3v) is 4.95. The monoisotopic (exact) mass is 286 g/mol. The van der Waals surface area contributed by atoms with Crippen LogP contribution in [0.4, 0.5) is 0 Å². The molecule has 1 heterocycles. The summed E-state index contributed by atoms with van der Waals surface area (Å²) in [6, 6.07) is 0.302. The first kappa shape index (κ1) is 14.7. The van der Waals surface area contributed by atoms with Crippen LogP contribution < -0.4 is 10.6 Å². The number of rotatable bonds is 4. The van der Waals surface area contributed by atoms with Gasteiger partial charge in [-0.3, -0.25) is 9.59 Å². The van der Waals surface area contributed by atoms with Gasteiger partial charge in [0.1, 0.15) is 0 Å². The number of carbonyl (C=O) groups is 2. The van der Waals surface area contributed by atoms with Gasteiger partial charge in [-0.2, -0.15) is 11.8 Å². The van der Waals surface area contributed by atoms with Gasteiger partial charge in [-0.1, -0.05) is 6.42 Å². The Balaban J connectivity index is 1.73. The number of carboxylic acid groups (broad SMARTS) is 1. The minimum Gasteiger partial charge on any atom is -0.481 e. The first-order valence-corrected chi connectivity index (χ1v) is 8.14. The standard InChI is InChI=1S/C13H22N2O3S/c16-12(7-11-8-19-5-4-14-11)15-10-3-1-2-9(6-10)13(17)18/h9-11,14H,1-8H2,(H,15,16)(H,17,18). The molecule has 0 aromatic carbocycles. The van der Waals surface area contributed by atoms with Crippen LogP contribution in [0.3, 0.4) is 0 Å². The van der Waals surface area contributed by atoms with Gasteiger partial charge in [0.2, 0.25) is 5.91 Å². The van der Waals surface area contributed by atoms with E-state index in [9.17, 15) is 9.59 Å². The SMILES string of the molecule is O=C(CC1CSCCN1)NC1CCCC(C(=O)O)C1. The van der Waals surface area contributed by atoms with Crippen LogP contribution in [0.25, 0.3) is 0 Å². The van der Waals surface area contributed by atoms with Gasteiger partial charge in [-0.05, 0) is 19.3 Å². The van der Waals surface area contributed by atoms with E-state index < -0.39 is 5.97 Å². The maximum absolute atomic E-state index is 11.9. The minimum absolute atomic E-state index is 0.0404. The molecular formula is C13H22N2O3S. The number of carbonyl (C=O) groups excluding carboxylic acids is 1. The van der Waals surface area contributed by atoms with E-state index in [1.165, 1.54) is 0 Å². The van der Waals surface area contributed by atoms with E-state index in [-0.39, 0.29) is 23.9 Å². The molecular weight excluding hydrogens is 264 g/mol. The molecule has 6 heteroatoms. The molecule has 1 aliphatic carbocycles. The molecule has 2 aliphatic rings. The summed E-state index contributed by atoms with van der Waals surface area (Å²) >= 11 is 1.88. The molecule has 0 aromatic rings. The number of hydrogen-bond acceptors (Lipinski definition) is 4. The first-order chi connectivity index (χ1) is 9.15. The second kappa shape index (κ2) is 7.14. The second-order valence-corrected chi connectivity index (χ2v) is 6.55. The number of hydrogen-bond donors (Lipinski definition) is 3. The Kier molecular flexibility index (Phi) is 5.51. The average Bonchev–Trinajstić information content (AvgIpc) is 2.40. The number of carboxylic acids is 1. The zero-order chi connectivity index (χ0) is 13.7. The molecule has 1 amide bonds. The predicted octanol–water partition coefficient (Wildman–Crippen LogP) is 0.841. The van der Waals surface area contributed by atoms with Gasteiger partial charge in [0.25, 0.3) is 0 Å². The van der Waals surface area contributed by atoms with Crippen molar-refractivity contribution in [1.29, 1.82) is 0 Å². The molecule has 5 nitrogen and oxygen atoms in total. The highest BCUT2D eigenvalue weighted by molar-refractivity contribution is 7.99. The lowest BCUT2D eigenvalue weighted by molar-refractivity contribution is -0.143. The molecule has 2 fully saturated rings. The van der Waals surface area contributed by atoms with E-state index in [2.05, 4.69) is 10.6 Å². The Labute approximate surface area is 117 Å². The first-order valence-electron chi connectivity index (χ1n) is 6.98. The fourth-order valence-corrected chi connectivity index (χ4v) is 3.76. The van der Waals surface area contributed by atoms with E-state index in [4.69, 9.17) is 5.11 Å². The number of aliphatic carboxylic acids is 1. The summed E-state index contributed by atoms with van der Waals surface area (Å²) in [4.78, 5) is 22.9. The summed E-state index contributed by atoms with van der Waals surface area (Å²) in [5.74, 6) is 1.12. The largest absolute Gasteiger partial charge is 0.481 e. The number of thioether (sulfide) groups is 1. The van der Waals surface area contributed by atoms with Gasteiger partial charge >= 0.3 is 5.97 Å². The molecule has 1 saturated carbocycles. The highest BCUT2D eigenvalue weighted by atomic mass is 32.2. The molecule has 0 spiro atoms. The van der Waals surface area contributed by atoms with Gasteiger partial charge in [0.15, 0.2) is 0 Å². The Morgan fingerprint density at radius 3 is 2.89 bits per heavy atom. The third kappa shape index (κ3) is 4.69. The Hall–Kier alpha value is -0.750. The Bertz CT molecular complexity index is 332. The maximum atomic E-state index is 11.9. The molecule has 3 unspecified atom stereocenters. The van der Waals surface area contributed by atoms with E-state index in [1.807, 2.05) is 11.8 Å². The van der Waals surface area contributed by atoms with Gasteiger partial charge in [0.05, 0.1) is 5.92 Å². The Morgan fingerprint density at radius 2 is 2.21 bits per heavy atom. The van der Waals surface area contributed by atoms with Crippen molar-refractivity contribution in [1.82, 2.24) is 10.6 Å². The fraction of sp³-hybridized carbons (Fsp3) is 0.846. The third-order valence-electron chi connectivity index (χ3n) is 3.82. The lowest BCUT2D eigenvalue weighted by Crippen LogP contribution is -2.45. The maximum Gasteiger partial charge on any atom is 0.306 e. The summed E-state index contributed by atoms with van der Waals surface area (Å²) in [6.45, 7) is 0.965. The van der Waals surface area contributed by atoms with Crippen LogP contribution in [0.2, 0.25) is 0 Å². The van der Waals surface area contributed by atoms with Crippen molar-refractivity contribution in [2.24, 2.45) is 5.92 Å². The average molecular weight is 286 g/mol. The summed E-state index contributed by atoms with van der Waals surface area (Å²) in [5.41, 5.74) is 0. The van der Waals surface area contributed by atoms with Gasteiger partial charge in [-0.15, -0.1) is 0 Å². The highest BCUT2D eigenvalue weighted by Crippen LogP contribution is 2.24. The summed E-state index contributed by atoms with van der Waals surface area (Å²) in [5, 5.41) is 15.4. The zero-order valence-electron chi connectivity index (χ0n) is 11.1. The summed E-state index contributed by atoms with van der Waals surface area (Å²) in [6.07, 6.45) is 3.61. The molecule has 1 saturated heterocycles. The molecule has 0 aromatic heterocycles. The molecule has 3 atom stereocenters. The highest BCUT2D eigenvalue weighted by Gasteiger charge is 2.28. The van der Waals surface area contributed by atoms with Crippen molar-refractivity contribution >= 4 is 23.6 Å². The van der Waals surface area contributed by atoms with Crippen LogP contribution in [0, 0.1) is 5.92 Å². The van der Waals surface area contributed by atoms with Crippen molar-refractivity contribution in [3.05, 3.63) is 0 Å². The van der Waals surface area contributed by atoms with Crippen molar-refractivity contribution in [2.45, 2.75) is 44.2 Å². The second-order valence-electron chi connectivity index (χ2n) is 5.40. The quantitative estimate of drug-likeness (QED) is 0.714. The van der Waals surface area contributed by atoms with Crippen LogP contribution in [0.15, 0.2) is 0 Å². The molecule has 19 heavy (non-hydrogen) atoms. The van der Waals surface area contributed by atoms with Gasteiger partial charge in [0, 0.05) is 36.6 Å². The fourth-order valence-electron chi connectivity index (χ4n) is 2.81. The molecule has 1 aliphatic heterocycles. The molecule has 0 radical (unpaired) electrons. The molecule has 0 bridgehead atoms. The van der Waals surface area contributed by atoms with E-state index in [0.29, 0.717) is 12.8 Å². The number of amides is 1. The van der Waals surface area contributed by atoms with E-state index in [1.54, 1.807) is 0 Å². The minimum atomic E-state index is -0.732. The van der Waals surface area contributed by atoms with E-state index in [0.717, 1.165) is 37.3 Å². The van der Waals surface area contributed by atoms with Crippen LogP contribution >= 0.6 is 11.8 Å². The zero-order valence-corrected chi connectivity index (χ0v) is 11.9. The molecule has 2 rings (SSSR count). The van der Waals surface area contributed by atoms with Crippen LogP contribution in [-0.4, -0.2) is 47.1 Å². The van der Waals surface area contributed by atoms with Crippen LogP contribution in [-0.2, 0) is 9.59 Å². The summed E-state index contributed by atoms with van der Waals surface area (Å²) < 4.78 is 0. The molecule has 108 valence electrons. The van der Waals surface area contributed by atoms with Crippen molar-refractivity contribution in [3.8, 4) is 0 Å². The smallest absolute Gasteiger partial charge is 0.306 e. The lowest BCUT2D eigenvalue weighted by Gasteiger charge is -2.28. The lowest BCUT2D eigenvalue weighted by atomic mass is 9.85. The predicted molar refractivity (Wildman–Crippen MR) is 75.3 cm³/mol.